The second kappa shape index (κ2) is 3.54. The maximum atomic E-state index is 11.6. The second-order valence-electron chi connectivity index (χ2n) is 5.23. The van der Waals surface area contributed by atoms with Crippen LogP contribution in [0.3, 0.4) is 0 Å². The summed E-state index contributed by atoms with van der Waals surface area (Å²) in [4.78, 5) is 11.6. The van der Waals surface area contributed by atoms with Crippen LogP contribution in [0.2, 0.25) is 0 Å². The van der Waals surface area contributed by atoms with Gasteiger partial charge in [0, 0.05) is 12.6 Å². The first-order valence-electron chi connectivity index (χ1n) is 5.64. The van der Waals surface area contributed by atoms with Crippen LogP contribution in [0.4, 0.5) is 0 Å². The molecule has 3 N–H and O–H groups in total. The Balaban J connectivity index is 1.72. The molecule has 2 aliphatic rings. The summed E-state index contributed by atoms with van der Waals surface area (Å²) < 4.78 is 0. The Morgan fingerprint density at radius 3 is 2.57 bits per heavy atom. The van der Waals surface area contributed by atoms with Gasteiger partial charge in [0.1, 0.15) is 0 Å². The summed E-state index contributed by atoms with van der Waals surface area (Å²) in [6.07, 6.45) is 5.81. The van der Waals surface area contributed by atoms with E-state index in [-0.39, 0.29) is 17.9 Å². The lowest BCUT2D eigenvalue weighted by molar-refractivity contribution is -0.129. The van der Waals surface area contributed by atoms with Gasteiger partial charge in [-0.05, 0) is 31.1 Å². The Morgan fingerprint density at radius 2 is 2.21 bits per heavy atom. The summed E-state index contributed by atoms with van der Waals surface area (Å²) in [6, 6.07) is 0.115. The van der Waals surface area contributed by atoms with Gasteiger partial charge in [0.25, 0.3) is 0 Å². The summed E-state index contributed by atoms with van der Waals surface area (Å²) in [5, 5.41) is 3.04. The van der Waals surface area contributed by atoms with Crippen LogP contribution < -0.4 is 11.1 Å². The van der Waals surface area contributed by atoms with Gasteiger partial charge in [-0.1, -0.05) is 13.3 Å². The van der Waals surface area contributed by atoms with Gasteiger partial charge in [0.05, 0.1) is 5.92 Å². The average Bonchev–Trinajstić information content (AvgIpc) is 2.09. The average molecular weight is 196 g/mol. The van der Waals surface area contributed by atoms with E-state index in [1.807, 2.05) is 0 Å². The van der Waals surface area contributed by atoms with Gasteiger partial charge in [-0.25, -0.2) is 0 Å². The SMILES string of the molecule is CC1(CNC(=O)C2CCC2N)CCC1. The maximum absolute atomic E-state index is 11.6. The van der Waals surface area contributed by atoms with Crippen molar-refractivity contribution in [2.45, 2.75) is 45.1 Å². The molecule has 2 saturated carbocycles. The molecule has 80 valence electrons. The maximum Gasteiger partial charge on any atom is 0.224 e. The molecule has 0 aromatic heterocycles. The molecule has 3 nitrogen and oxygen atoms in total. The van der Waals surface area contributed by atoms with E-state index in [1.54, 1.807) is 0 Å². The van der Waals surface area contributed by atoms with Crippen molar-refractivity contribution in [2.24, 2.45) is 17.1 Å². The molecule has 2 aliphatic carbocycles. The van der Waals surface area contributed by atoms with Crippen molar-refractivity contribution in [3.8, 4) is 0 Å². The fourth-order valence-electron chi connectivity index (χ4n) is 2.24. The summed E-state index contributed by atoms with van der Waals surface area (Å²) in [6.45, 7) is 3.09. The van der Waals surface area contributed by atoms with Crippen molar-refractivity contribution in [1.82, 2.24) is 5.32 Å². The van der Waals surface area contributed by atoms with E-state index in [4.69, 9.17) is 5.73 Å². The number of amides is 1. The highest BCUT2D eigenvalue weighted by molar-refractivity contribution is 5.80. The molecule has 14 heavy (non-hydrogen) atoms. The van der Waals surface area contributed by atoms with Crippen molar-refractivity contribution in [1.29, 1.82) is 0 Å². The van der Waals surface area contributed by atoms with Gasteiger partial charge in [-0.3, -0.25) is 4.79 Å². The number of nitrogens with one attached hydrogen (secondary N) is 1. The molecule has 2 fully saturated rings. The molecule has 0 radical (unpaired) electrons. The first kappa shape index (κ1) is 9.97. The molecule has 0 saturated heterocycles. The summed E-state index contributed by atoms with van der Waals surface area (Å²) in [5.74, 6) is 0.274. The molecule has 2 rings (SSSR count). The van der Waals surface area contributed by atoms with Gasteiger partial charge in [-0.15, -0.1) is 0 Å². The highest BCUT2D eigenvalue weighted by Gasteiger charge is 2.36. The minimum atomic E-state index is 0.0960. The predicted octanol–water partition coefficient (Wildman–Crippen LogP) is 1.03. The first-order valence-corrected chi connectivity index (χ1v) is 5.64. The molecule has 1 amide bonds. The highest BCUT2D eigenvalue weighted by Crippen LogP contribution is 2.39. The number of carbonyl (C=O) groups excluding carboxylic acids is 1. The number of rotatable bonds is 3. The van der Waals surface area contributed by atoms with Gasteiger partial charge in [0.2, 0.25) is 5.91 Å². The highest BCUT2D eigenvalue weighted by atomic mass is 16.1. The smallest absolute Gasteiger partial charge is 0.224 e. The number of hydrogen-bond acceptors (Lipinski definition) is 2. The normalized spacial score (nSPS) is 34.1. The molecule has 0 aliphatic heterocycles. The fraction of sp³-hybridized carbons (Fsp3) is 0.909. The van der Waals surface area contributed by atoms with Crippen molar-refractivity contribution in [2.75, 3.05) is 6.54 Å². The molecular weight excluding hydrogens is 176 g/mol. The monoisotopic (exact) mass is 196 g/mol. The molecule has 0 bridgehead atoms. The zero-order valence-corrected chi connectivity index (χ0v) is 8.88. The van der Waals surface area contributed by atoms with Crippen LogP contribution in [0, 0.1) is 11.3 Å². The van der Waals surface area contributed by atoms with E-state index >= 15 is 0 Å². The third kappa shape index (κ3) is 1.78. The zero-order valence-electron chi connectivity index (χ0n) is 8.88. The third-order valence-corrected chi connectivity index (χ3v) is 3.91. The Morgan fingerprint density at radius 1 is 1.50 bits per heavy atom. The molecule has 2 atom stereocenters. The van der Waals surface area contributed by atoms with Crippen LogP contribution in [0.5, 0.6) is 0 Å². The van der Waals surface area contributed by atoms with E-state index in [1.165, 1.54) is 19.3 Å². The van der Waals surface area contributed by atoms with Crippen molar-refractivity contribution in [3.05, 3.63) is 0 Å². The quantitative estimate of drug-likeness (QED) is 0.708. The Labute approximate surface area is 85.4 Å². The minimum absolute atomic E-state index is 0.0960. The largest absolute Gasteiger partial charge is 0.355 e. The Bertz CT molecular complexity index is 235. The molecule has 3 heteroatoms. The minimum Gasteiger partial charge on any atom is -0.355 e. The summed E-state index contributed by atoms with van der Waals surface area (Å²) in [5.41, 5.74) is 6.13. The molecule has 0 spiro atoms. The molecule has 0 heterocycles. The topological polar surface area (TPSA) is 55.1 Å². The van der Waals surface area contributed by atoms with Gasteiger partial charge in [0.15, 0.2) is 0 Å². The van der Waals surface area contributed by atoms with Crippen LogP contribution in [0.1, 0.15) is 39.0 Å². The lowest BCUT2D eigenvalue weighted by Crippen LogP contribution is -2.51. The summed E-state index contributed by atoms with van der Waals surface area (Å²) in [7, 11) is 0. The zero-order chi connectivity index (χ0) is 10.2. The second-order valence-corrected chi connectivity index (χ2v) is 5.23. The Hall–Kier alpha value is -0.570. The molecule has 0 aromatic rings. The van der Waals surface area contributed by atoms with Crippen LogP contribution >= 0.6 is 0 Å². The van der Waals surface area contributed by atoms with E-state index in [2.05, 4.69) is 12.2 Å². The van der Waals surface area contributed by atoms with E-state index in [0.717, 1.165) is 19.4 Å². The molecule has 2 unspecified atom stereocenters. The molecular formula is C11H20N2O. The summed E-state index contributed by atoms with van der Waals surface area (Å²) >= 11 is 0. The van der Waals surface area contributed by atoms with Crippen molar-refractivity contribution >= 4 is 5.91 Å². The van der Waals surface area contributed by atoms with E-state index in [0.29, 0.717) is 5.41 Å². The van der Waals surface area contributed by atoms with Crippen LogP contribution in [-0.4, -0.2) is 18.5 Å². The standard InChI is InChI=1S/C11H20N2O/c1-11(5-2-6-11)7-13-10(14)8-3-4-9(8)12/h8-9H,2-7,12H2,1H3,(H,13,14). The lowest BCUT2D eigenvalue weighted by atomic mass is 9.70. The molecule has 0 aromatic carbocycles. The third-order valence-electron chi connectivity index (χ3n) is 3.91. The van der Waals surface area contributed by atoms with Crippen molar-refractivity contribution < 1.29 is 4.79 Å². The van der Waals surface area contributed by atoms with Crippen LogP contribution in [0.15, 0.2) is 0 Å². The van der Waals surface area contributed by atoms with E-state index < -0.39 is 0 Å². The van der Waals surface area contributed by atoms with E-state index in [9.17, 15) is 4.79 Å². The first-order chi connectivity index (χ1) is 6.61. The van der Waals surface area contributed by atoms with Crippen molar-refractivity contribution in [3.63, 3.8) is 0 Å². The lowest BCUT2D eigenvalue weighted by Gasteiger charge is -2.40. The van der Waals surface area contributed by atoms with Crippen LogP contribution in [0.25, 0.3) is 0 Å². The van der Waals surface area contributed by atoms with Gasteiger partial charge >= 0.3 is 0 Å². The predicted molar refractivity (Wildman–Crippen MR) is 55.7 cm³/mol. The Kier molecular flexibility index (Phi) is 2.52. The van der Waals surface area contributed by atoms with Crippen LogP contribution in [-0.2, 0) is 4.79 Å². The number of nitrogens with two attached hydrogens (primary N) is 1. The fourth-order valence-corrected chi connectivity index (χ4v) is 2.24. The van der Waals surface area contributed by atoms with Gasteiger partial charge in [-0.2, -0.15) is 0 Å². The number of carbonyl (C=O) groups is 1. The van der Waals surface area contributed by atoms with Gasteiger partial charge < -0.3 is 11.1 Å². The number of hydrogen-bond donors (Lipinski definition) is 2.